The highest BCUT2D eigenvalue weighted by molar-refractivity contribution is 5.98. The SMILES string of the molecule is Cc1c2nnnc2c(C)c2[nH]n(C(C)C)nc12. The Hall–Kier alpha value is -1.98. The van der Waals surface area contributed by atoms with Crippen molar-refractivity contribution in [3.8, 4) is 0 Å². The Morgan fingerprint density at radius 3 is 2.29 bits per heavy atom. The highest BCUT2D eigenvalue weighted by atomic mass is 15.5. The molecule has 0 amide bonds. The minimum absolute atomic E-state index is 0.301. The molecule has 6 heteroatoms. The number of aryl methyl sites for hydroxylation is 2. The summed E-state index contributed by atoms with van der Waals surface area (Å²) < 4.78 is 0. The van der Waals surface area contributed by atoms with E-state index in [9.17, 15) is 0 Å². The van der Waals surface area contributed by atoms with Crippen molar-refractivity contribution in [2.75, 3.05) is 0 Å². The fraction of sp³-hybridized carbons (Fsp3) is 0.455. The molecule has 1 aromatic carbocycles. The first-order valence-corrected chi connectivity index (χ1v) is 5.66. The molecule has 0 aliphatic heterocycles. The van der Waals surface area contributed by atoms with Gasteiger partial charge >= 0.3 is 0 Å². The molecule has 0 fully saturated rings. The van der Waals surface area contributed by atoms with Gasteiger partial charge in [0.1, 0.15) is 16.6 Å². The Bertz CT molecular complexity index is 651. The van der Waals surface area contributed by atoms with Crippen LogP contribution in [-0.2, 0) is 0 Å². The zero-order chi connectivity index (χ0) is 12.2. The molecule has 3 rings (SSSR count). The maximum Gasteiger partial charge on any atom is 0.121 e. The van der Waals surface area contributed by atoms with Crippen LogP contribution in [0.3, 0.4) is 0 Å². The molecule has 0 atom stereocenters. The maximum absolute atomic E-state index is 4.57. The van der Waals surface area contributed by atoms with Gasteiger partial charge in [0.25, 0.3) is 0 Å². The maximum atomic E-state index is 4.57. The predicted octanol–water partition coefficient (Wildman–Crippen LogP) is 1.90. The third kappa shape index (κ3) is 1.26. The van der Waals surface area contributed by atoms with E-state index in [-0.39, 0.29) is 0 Å². The minimum atomic E-state index is 0.301. The number of fused-ring (bicyclic) bond motifs is 2. The Labute approximate surface area is 98.0 Å². The third-order valence-corrected chi connectivity index (χ3v) is 3.11. The summed E-state index contributed by atoms with van der Waals surface area (Å²) in [5.41, 5.74) is 5.75. The second-order valence-corrected chi connectivity index (χ2v) is 4.61. The summed E-state index contributed by atoms with van der Waals surface area (Å²) in [6.07, 6.45) is 0. The van der Waals surface area contributed by atoms with Gasteiger partial charge in [-0.3, -0.25) is 5.10 Å². The molecule has 3 aromatic rings. The largest absolute Gasteiger partial charge is 0.280 e. The molecule has 2 heterocycles. The van der Waals surface area contributed by atoms with Crippen LogP contribution in [0.5, 0.6) is 0 Å². The van der Waals surface area contributed by atoms with Crippen LogP contribution < -0.4 is 0 Å². The highest BCUT2D eigenvalue weighted by Gasteiger charge is 2.16. The second kappa shape index (κ2) is 3.26. The van der Waals surface area contributed by atoms with Crippen LogP contribution in [0.1, 0.15) is 31.0 Å². The van der Waals surface area contributed by atoms with E-state index in [1.807, 2.05) is 18.6 Å². The van der Waals surface area contributed by atoms with E-state index in [4.69, 9.17) is 0 Å². The van der Waals surface area contributed by atoms with E-state index in [1.165, 1.54) is 0 Å². The summed E-state index contributed by atoms with van der Waals surface area (Å²) in [5, 5.41) is 19.7. The monoisotopic (exact) mass is 230 g/mol. The molecule has 0 bridgehead atoms. The van der Waals surface area contributed by atoms with Gasteiger partial charge in [0.05, 0.1) is 11.6 Å². The van der Waals surface area contributed by atoms with Gasteiger partial charge in [-0.2, -0.15) is 5.10 Å². The molecule has 88 valence electrons. The summed E-state index contributed by atoms with van der Waals surface area (Å²) in [5.74, 6) is 0. The van der Waals surface area contributed by atoms with Crippen molar-refractivity contribution in [2.24, 2.45) is 0 Å². The van der Waals surface area contributed by atoms with Crippen molar-refractivity contribution in [3.63, 3.8) is 0 Å². The Balaban J connectivity index is 2.49. The molecular formula is C11H14N6. The standard InChI is InChI=1S/C11H14N6/c1-5(2)17-14-10-6(3)8-9(13-16-12-8)7(4)11(10)15-17/h5,14H,1-4H3. The average molecular weight is 230 g/mol. The molecular weight excluding hydrogens is 216 g/mol. The van der Waals surface area contributed by atoms with Crippen molar-refractivity contribution in [3.05, 3.63) is 11.1 Å². The van der Waals surface area contributed by atoms with Gasteiger partial charge in [-0.15, -0.1) is 10.2 Å². The molecule has 2 aromatic heterocycles. The number of rotatable bonds is 1. The van der Waals surface area contributed by atoms with Gasteiger partial charge in [-0.25, -0.2) is 4.80 Å². The van der Waals surface area contributed by atoms with E-state index < -0.39 is 0 Å². The molecule has 0 spiro atoms. The summed E-state index contributed by atoms with van der Waals surface area (Å²) in [4.78, 5) is 1.86. The lowest BCUT2D eigenvalue weighted by molar-refractivity contribution is 0.472. The Kier molecular flexibility index (Phi) is 1.95. The molecule has 0 radical (unpaired) electrons. The summed E-state index contributed by atoms with van der Waals surface area (Å²) in [6, 6.07) is 0.301. The van der Waals surface area contributed by atoms with E-state index in [0.29, 0.717) is 6.04 Å². The fourth-order valence-electron chi connectivity index (χ4n) is 2.06. The molecule has 17 heavy (non-hydrogen) atoms. The summed E-state index contributed by atoms with van der Waals surface area (Å²) in [7, 11) is 0. The van der Waals surface area contributed by atoms with Gasteiger partial charge in [-0.05, 0) is 32.9 Å². The molecule has 0 unspecified atom stereocenters. The van der Waals surface area contributed by atoms with Gasteiger partial charge in [0.2, 0.25) is 0 Å². The average Bonchev–Trinajstić information content (AvgIpc) is 2.92. The molecule has 1 N–H and O–H groups in total. The van der Waals surface area contributed by atoms with Crippen LogP contribution in [-0.4, -0.2) is 30.4 Å². The molecule has 0 saturated heterocycles. The molecule has 0 saturated carbocycles. The van der Waals surface area contributed by atoms with Crippen LogP contribution in [0.4, 0.5) is 0 Å². The zero-order valence-corrected chi connectivity index (χ0v) is 10.3. The quantitative estimate of drug-likeness (QED) is 0.693. The summed E-state index contributed by atoms with van der Waals surface area (Å²) >= 11 is 0. The van der Waals surface area contributed by atoms with Crippen LogP contribution in [0.2, 0.25) is 0 Å². The van der Waals surface area contributed by atoms with Crippen molar-refractivity contribution >= 4 is 22.1 Å². The van der Waals surface area contributed by atoms with Gasteiger partial charge < -0.3 is 0 Å². The first-order valence-electron chi connectivity index (χ1n) is 5.66. The number of benzene rings is 1. The van der Waals surface area contributed by atoms with E-state index in [0.717, 1.165) is 33.2 Å². The number of aromatic nitrogens is 6. The lowest BCUT2D eigenvalue weighted by Crippen LogP contribution is -2.04. The number of hydrogen-bond donors (Lipinski definition) is 1. The smallest absolute Gasteiger partial charge is 0.121 e. The van der Waals surface area contributed by atoms with Crippen molar-refractivity contribution in [1.82, 2.24) is 30.4 Å². The predicted molar refractivity (Wildman–Crippen MR) is 64.8 cm³/mol. The van der Waals surface area contributed by atoms with Crippen LogP contribution in [0.25, 0.3) is 22.1 Å². The molecule has 6 nitrogen and oxygen atoms in total. The third-order valence-electron chi connectivity index (χ3n) is 3.11. The fourth-order valence-corrected chi connectivity index (χ4v) is 2.06. The highest BCUT2D eigenvalue weighted by Crippen LogP contribution is 2.27. The molecule has 0 aliphatic rings. The van der Waals surface area contributed by atoms with Crippen molar-refractivity contribution in [1.29, 1.82) is 0 Å². The topological polar surface area (TPSA) is 72.3 Å². The molecule has 0 aliphatic carbocycles. The normalized spacial score (nSPS) is 12.1. The minimum Gasteiger partial charge on any atom is -0.280 e. The first kappa shape index (κ1) is 10.2. The van der Waals surface area contributed by atoms with E-state index in [1.54, 1.807) is 0 Å². The van der Waals surface area contributed by atoms with Crippen LogP contribution in [0.15, 0.2) is 0 Å². The van der Waals surface area contributed by atoms with Gasteiger partial charge in [0, 0.05) is 11.1 Å². The van der Waals surface area contributed by atoms with Gasteiger partial charge in [-0.1, -0.05) is 0 Å². The number of aromatic amines is 1. The number of nitrogens with zero attached hydrogens (tertiary/aromatic N) is 5. The van der Waals surface area contributed by atoms with Crippen molar-refractivity contribution < 1.29 is 0 Å². The Morgan fingerprint density at radius 2 is 1.65 bits per heavy atom. The number of nitrogens with one attached hydrogen (secondary N) is 1. The van der Waals surface area contributed by atoms with E-state index >= 15 is 0 Å². The Morgan fingerprint density at radius 1 is 1.00 bits per heavy atom. The first-order chi connectivity index (χ1) is 8.09. The van der Waals surface area contributed by atoms with E-state index in [2.05, 4.69) is 39.5 Å². The van der Waals surface area contributed by atoms with Crippen LogP contribution >= 0.6 is 0 Å². The lowest BCUT2D eigenvalue weighted by Gasteiger charge is -2.02. The number of H-pyrrole nitrogens is 1. The van der Waals surface area contributed by atoms with Crippen molar-refractivity contribution in [2.45, 2.75) is 33.7 Å². The number of hydrogen-bond acceptors (Lipinski definition) is 4. The van der Waals surface area contributed by atoms with Crippen LogP contribution in [0, 0.1) is 13.8 Å². The van der Waals surface area contributed by atoms with Gasteiger partial charge in [0.15, 0.2) is 0 Å². The second-order valence-electron chi connectivity index (χ2n) is 4.61. The zero-order valence-electron chi connectivity index (χ0n) is 10.3. The summed E-state index contributed by atoms with van der Waals surface area (Å²) in [6.45, 7) is 8.20. The lowest BCUT2D eigenvalue weighted by atomic mass is 10.1.